The van der Waals surface area contributed by atoms with Crippen LogP contribution in [0, 0.1) is 0 Å². The third-order valence-corrected chi connectivity index (χ3v) is 5.82. The number of hydrogen-bond acceptors (Lipinski definition) is 4. The second kappa shape index (κ2) is 8.07. The Balaban J connectivity index is 1.69. The van der Waals surface area contributed by atoms with E-state index in [9.17, 15) is 9.59 Å². The fourth-order valence-electron chi connectivity index (χ4n) is 2.32. The molecule has 0 aliphatic carbocycles. The van der Waals surface area contributed by atoms with Gasteiger partial charge in [0, 0.05) is 15.6 Å². The molecule has 0 saturated carbocycles. The van der Waals surface area contributed by atoms with Gasteiger partial charge in [-0.25, -0.2) is 0 Å². The lowest BCUT2D eigenvalue weighted by molar-refractivity contribution is 0.0849. The third kappa shape index (κ3) is 3.85. The van der Waals surface area contributed by atoms with Gasteiger partial charge in [-0.2, -0.15) is 0 Å². The van der Waals surface area contributed by atoms with Crippen molar-refractivity contribution in [2.24, 2.45) is 0 Å². The minimum atomic E-state index is -0.463. The van der Waals surface area contributed by atoms with Crippen LogP contribution in [0.2, 0.25) is 5.02 Å². The van der Waals surface area contributed by atoms with Gasteiger partial charge in [0.1, 0.15) is 10.6 Å². The minimum absolute atomic E-state index is 0.348. The Hall–Kier alpha value is -2.09. The summed E-state index contributed by atoms with van der Waals surface area (Å²) in [5.74, 6) is -0.265. The first kappa shape index (κ1) is 18.7. The van der Waals surface area contributed by atoms with Gasteiger partial charge < -0.3 is 4.74 Å². The number of ether oxygens (including phenoxy) is 1. The summed E-state index contributed by atoms with van der Waals surface area (Å²) >= 11 is 10.9. The second-order valence-electron chi connectivity index (χ2n) is 5.23. The maximum atomic E-state index is 12.3. The number of carbonyl (C=O) groups is 2. The predicted molar refractivity (Wildman–Crippen MR) is 107 cm³/mol. The highest BCUT2D eigenvalue weighted by molar-refractivity contribution is 9.10. The summed E-state index contributed by atoms with van der Waals surface area (Å²) in [5, 5.41) is 1.19. The molecule has 0 aliphatic heterocycles. The van der Waals surface area contributed by atoms with Crippen LogP contribution in [0.5, 0.6) is 5.75 Å². The lowest BCUT2D eigenvalue weighted by Gasteiger charge is -2.09. The van der Waals surface area contributed by atoms with E-state index in [0.717, 1.165) is 10.1 Å². The molecule has 0 bridgehead atoms. The molecule has 0 atom stereocenters. The van der Waals surface area contributed by atoms with Gasteiger partial charge in [0.2, 0.25) is 0 Å². The second-order valence-corrected chi connectivity index (χ2v) is 7.51. The molecule has 0 radical (unpaired) electrons. The summed E-state index contributed by atoms with van der Waals surface area (Å²) in [5.41, 5.74) is 5.17. The van der Waals surface area contributed by atoms with Gasteiger partial charge in [0.25, 0.3) is 11.8 Å². The van der Waals surface area contributed by atoms with Crippen molar-refractivity contribution >= 4 is 60.8 Å². The number of fused-ring (bicyclic) bond motifs is 1. The maximum absolute atomic E-state index is 12.3. The number of amides is 2. The van der Waals surface area contributed by atoms with Gasteiger partial charge in [-0.05, 0) is 47.1 Å². The zero-order chi connectivity index (χ0) is 18.7. The van der Waals surface area contributed by atoms with E-state index in [2.05, 4.69) is 26.8 Å². The molecular formula is C18H14BrClN2O3S. The summed E-state index contributed by atoms with van der Waals surface area (Å²) in [6.07, 6.45) is 0. The molecule has 0 saturated heterocycles. The summed E-state index contributed by atoms with van der Waals surface area (Å²) in [6, 6.07) is 12.4. The molecule has 1 aromatic heterocycles. The van der Waals surface area contributed by atoms with E-state index in [0.29, 0.717) is 32.3 Å². The van der Waals surface area contributed by atoms with Crippen LogP contribution in [0.15, 0.2) is 46.9 Å². The van der Waals surface area contributed by atoms with Crippen molar-refractivity contribution in [1.82, 2.24) is 10.9 Å². The number of hydrogen-bond donors (Lipinski definition) is 2. The number of carbonyl (C=O) groups excluding carboxylic acids is 2. The highest BCUT2D eigenvalue weighted by Gasteiger charge is 2.18. The van der Waals surface area contributed by atoms with Gasteiger partial charge in [-0.3, -0.25) is 20.4 Å². The Morgan fingerprint density at radius 2 is 1.88 bits per heavy atom. The summed E-state index contributed by atoms with van der Waals surface area (Å²) in [7, 11) is 0. The van der Waals surface area contributed by atoms with Crippen molar-refractivity contribution < 1.29 is 14.3 Å². The number of nitrogens with one attached hydrogen (secondary N) is 2. The van der Waals surface area contributed by atoms with Crippen LogP contribution in [0.4, 0.5) is 0 Å². The molecule has 1 heterocycles. The van der Waals surface area contributed by atoms with E-state index in [4.69, 9.17) is 16.3 Å². The van der Waals surface area contributed by atoms with Crippen molar-refractivity contribution in [3.8, 4) is 5.75 Å². The summed E-state index contributed by atoms with van der Waals surface area (Å²) < 4.78 is 6.97. The molecule has 2 aromatic carbocycles. The number of hydrazine groups is 1. The quantitative estimate of drug-likeness (QED) is 0.558. The molecule has 2 N–H and O–H groups in total. The molecule has 0 spiro atoms. The average molecular weight is 454 g/mol. The van der Waals surface area contributed by atoms with E-state index in [-0.39, 0.29) is 0 Å². The van der Waals surface area contributed by atoms with Crippen LogP contribution in [0.3, 0.4) is 0 Å². The van der Waals surface area contributed by atoms with Crippen LogP contribution < -0.4 is 15.6 Å². The number of halogens is 2. The molecule has 26 heavy (non-hydrogen) atoms. The van der Waals surface area contributed by atoms with Crippen LogP contribution in [0.25, 0.3) is 10.1 Å². The maximum Gasteiger partial charge on any atom is 0.281 e. The van der Waals surface area contributed by atoms with E-state index in [1.807, 2.05) is 31.2 Å². The molecule has 3 aromatic rings. The predicted octanol–water partition coefficient (Wildman–Crippen LogP) is 4.79. The van der Waals surface area contributed by atoms with Crippen LogP contribution in [-0.2, 0) is 0 Å². The fraction of sp³-hybridized carbons (Fsp3) is 0.111. The van der Waals surface area contributed by atoms with E-state index >= 15 is 0 Å². The molecule has 134 valence electrons. The number of thiophene rings is 1. The fourth-order valence-corrected chi connectivity index (χ4v) is 4.22. The van der Waals surface area contributed by atoms with E-state index in [1.54, 1.807) is 18.2 Å². The Kier molecular flexibility index (Phi) is 5.80. The molecule has 5 nitrogen and oxygen atoms in total. The molecule has 2 amide bonds. The largest absolute Gasteiger partial charge is 0.493 e. The van der Waals surface area contributed by atoms with Gasteiger partial charge >= 0.3 is 0 Å². The lowest BCUT2D eigenvalue weighted by Crippen LogP contribution is -2.41. The smallest absolute Gasteiger partial charge is 0.281 e. The first-order valence-electron chi connectivity index (χ1n) is 7.71. The van der Waals surface area contributed by atoms with E-state index < -0.39 is 11.8 Å². The van der Waals surface area contributed by atoms with Crippen molar-refractivity contribution in [2.45, 2.75) is 6.92 Å². The molecule has 8 heteroatoms. The molecule has 0 unspecified atom stereocenters. The highest BCUT2D eigenvalue weighted by Crippen LogP contribution is 2.34. The normalized spacial score (nSPS) is 10.6. The topological polar surface area (TPSA) is 67.4 Å². The summed E-state index contributed by atoms with van der Waals surface area (Å²) in [6.45, 7) is 2.40. The van der Waals surface area contributed by atoms with Crippen LogP contribution in [-0.4, -0.2) is 18.4 Å². The Morgan fingerprint density at radius 3 is 2.58 bits per heavy atom. The van der Waals surface area contributed by atoms with Crippen LogP contribution >= 0.6 is 38.9 Å². The van der Waals surface area contributed by atoms with Gasteiger partial charge in [-0.15, -0.1) is 11.3 Å². The Morgan fingerprint density at radius 1 is 1.15 bits per heavy atom. The van der Waals surface area contributed by atoms with Crippen molar-refractivity contribution in [1.29, 1.82) is 0 Å². The zero-order valence-corrected chi connectivity index (χ0v) is 16.8. The Bertz CT molecular complexity index is 990. The van der Waals surface area contributed by atoms with Crippen molar-refractivity contribution in [3.63, 3.8) is 0 Å². The third-order valence-electron chi connectivity index (χ3n) is 3.52. The number of rotatable bonds is 4. The first-order chi connectivity index (χ1) is 12.5. The molecule has 3 rings (SSSR count). The van der Waals surface area contributed by atoms with Gasteiger partial charge in [0.05, 0.1) is 16.1 Å². The number of benzene rings is 2. The van der Waals surface area contributed by atoms with E-state index in [1.165, 1.54) is 11.3 Å². The lowest BCUT2D eigenvalue weighted by atomic mass is 10.2. The van der Waals surface area contributed by atoms with Gasteiger partial charge in [-0.1, -0.05) is 29.8 Å². The minimum Gasteiger partial charge on any atom is -0.493 e. The molecule has 0 fully saturated rings. The standard InChI is InChI=1S/C18H14BrClN2O3S/c1-2-25-13-8-7-10(9-12(13)19)17(23)21-22-18(24)16-15(20)11-5-3-4-6-14(11)26-16/h3-9H,2H2,1H3,(H,21,23)(H,22,24). The SMILES string of the molecule is CCOc1ccc(C(=O)NNC(=O)c2sc3ccccc3c2Cl)cc1Br. The van der Waals surface area contributed by atoms with Crippen molar-refractivity contribution in [2.75, 3.05) is 6.61 Å². The zero-order valence-electron chi connectivity index (χ0n) is 13.6. The highest BCUT2D eigenvalue weighted by atomic mass is 79.9. The molecule has 0 aliphatic rings. The monoisotopic (exact) mass is 452 g/mol. The molecular weight excluding hydrogens is 440 g/mol. The Labute approximate surface area is 167 Å². The van der Waals surface area contributed by atoms with Gasteiger partial charge in [0.15, 0.2) is 0 Å². The van der Waals surface area contributed by atoms with Crippen LogP contribution in [0.1, 0.15) is 27.0 Å². The van der Waals surface area contributed by atoms with Crippen molar-refractivity contribution in [3.05, 3.63) is 62.4 Å². The average Bonchev–Trinajstić information content (AvgIpc) is 2.98. The first-order valence-corrected chi connectivity index (χ1v) is 9.70. The summed E-state index contributed by atoms with van der Waals surface area (Å²) in [4.78, 5) is 24.9.